The third kappa shape index (κ3) is 4.04. The summed E-state index contributed by atoms with van der Waals surface area (Å²) in [5.74, 6) is 0.00401. The Labute approximate surface area is 170 Å². The summed E-state index contributed by atoms with van der Waals surface area (Å²) in [5.41, 5.74) is 1.37. The SMILES string of the molecule is Cc1ccccc1Oc1nccn2c(=O)n(CC(=O)NCc3ccc(F)cc3)nc12. The molecule has 0 aliphatic rings. The molecular formula is C21H18FN5O3. The number of hydrogen-bond donors (Lipinski definition) is 1. The summed E-state index contributed by atoms with van der Waals surface area (Å²) < 4.78 is 21.1. The average Bonchev–Trinajstić information content (AvgIpc) is 3.06. The Kier molecular flexibility index (Phi) is 5.25. The van der Waals surface area contributed by atoms with Crippen LogP contribution in [0.4, 0.5) is 4.39 Å². The molecule has 2 heterocycles. The Balaban J connectivity index is 1.53. The molecular weight excluding hydrogens is 389 g/mol. The molecule has 30 heavy (non-hydrogen) atoms. The van der Waals surface area contributed by atoms with Crippen LogP contribution < -0.4 is 15.7 Å². The molecule has 0 saturated carbocycles. The summed E-state index contributed by atoms with van der Waals surface area (Å²) >= 11 is 0. The Morgan fingerprint density at radius 1 is 1.17 bits per heavy atom. The lowest BCUT2D eigenvalue weighted by atomic mass is 10.2. The van der Waals surface area contributed by atoms with Gasteiger partial charge in [-0.2, -0.15) is 0 Å². The van der Waals surface area contributed by atoms with Gasteiger partial charge in [0.15, 0.2) is 0 Å². The zero-order chi connectivity index (χ0) is 21.1. The monoisotopic (exact) mass is 407 g/mol. The number of benzene rings is 2. The van der Waals surface area contributed by atoms with Gasteiger partial charge in [0.1, 0.15) is 18.1 Å². The molecule has 0 aliphatic carbocycles. The molecule has 9 heteroatoms. The standard InChI is InChI=1S/C21H18FN5O3/c1-14-4-2-3-5-17(14)30-20-19-25-27(21(29)26(19)11-10-23-20)13-18(28)24-12-15-6-8-16(22)9-7-15/h2-11H,12-13H2,1H3,(H,24,28). The zero-order valence-corrected chi connectivity index (χ0v) is 16.1. The van der Waals surface area contributed by atoms with E-state index in [4.69, 9.17) is 4.74 Å². The van der Waals surface area contributed by atoms with E-state index in [9.17, 15) is 14.0 Å². The third-order valence-electron chi connectivity index (χ3n) is 4.47. The van der Waals surface area contributed by atoms with E-state index in [0.717, 1.165) is 15.8 Å². The number of carbonyl (C=O) groups excluding carboxylic acids is 1. The highest BCUT2D eigenvalue weighted by Crippen LogP contribution is 2.24. The number of para-hydroxylation sites is 1. The molecule has 1 amide bonds. The fraction of sp³-hybridized carbons (Fsp3) is 0.143. The summed E-state index contributed by atoms with van der Waals surface area (Å²) in [6.07, 6.45) is 2.89. The second kappa shape index (κ2) is 8.16. The number of ether oxygens (including phenoxy) is 1. The van der Waals surface area contributed by atoms with Crippen LogP contribution in [-0.2, 0) is 17.9 Å². The number of amides is 1. The second-order valence-corrected chi connectivity index (χ2v) is 6.64. The van der Waals surface area contributed by atoms with Crippen molar-refractivity contribution in [2.75, 3.05) is 0 Å². The number of fused-ring (bicyclic) bond motifs is 1. The first-order valence-electron chi connectivity index (χ1n) is 9.20. The van der Waals surface area contributed by atoms with Crippen LogP contribution in [0.1, 0.15) is 11.1 Å². The van der Waals surface area contributed by atoms with Crippen molar-refractivity contribution in [3.05, 3.63) is 88.4 Å². The van der Waals surface area contributed by atoms with Crippen LogP contribution in [0.5, 0.6) is 11.6 Å². The number of aromatic nitrogens is 4. The lowest BCUT2D eigenvalue weighted by Gasteiger charge is -2.07. The van der Waals surface area contributed by atoms with Crippen molar-refractivity contribution in [2.24, 2.45) is 0 Å². The number of aryl methyl sites for hydroxylation is 1. The minimum Gasteiger partial charge on any atom is -0.436 e. The zero-order valence-electron chi connectivity index (χ0n) is 16.1. The van der Waals surface area contributed by atoms with Crippen LogP contribution in [0.15, 0.2) is 65.7 Å². The van der Waals surface area contributed by atoms with Crippen LogP contribution in [0, 0.1) is 12.7 Å². The summed E-state index contributed by atoms with van der Waals surface area (Å²) in [4.78, 5) is 29.0. The summed E-state index contributed by atoms with van der Waals surface area (Å²) in [7, 11) is 0. The first-order chi connectivity index (χ1) is 14.5. The molecule has 0 unspecified atom stereocenters. The minimum atomic E-state index is -0.487. The summed E-state index contributed by atoms with van der Waals surface area (Å²) in [6, 6.07) is 13.2. The number of rotatable bonds is 6. The van der Waals surface area contributed by atoms with Gasteiger partial charge in [-0.3, -0.25) is 4.79 Å². The molecule has 1 N–H and O–H groups in total. The molecule has 4 rings (SSSR count). The molecule has 4 aromatic rings. The van der Waals surface area contributed by atoms with E-state index < -0.39 is 11.6 Å². The van der Waals surface area contributed by atoms with Crippen molar-refractivity contribution in [3.8, 4) is 11.6 Å². The highest BCUT2D eigenvalue weighted by molar-refractivity contribution is 5.75. The van der Waals surface area contributed by atoms with Crippen molar-refractivity contribution in [3.63, 3.8) is 0 Å². The molecule has 2 aromatic heterocycles. The molecule has 0 bridgehead atoms. The molecule has 0 fully saturated rings. The van der Waals surface area contributed by atoms with Crippen LogP contribution in [-0.4, -0.2) is 25.1 Å². The first kappa shape index (κ1) is 19.3. The molecule has 0 atom stereocenters. The highest BCUT2D eigenvalue weighted by Gasteiger charge is 2.16. The Morgan fingerprint density at radius 2 is 1.93 bits per heavy atom. The van der Waals surface area contributed by atoms with Crippen molar-refractivity contribution in [1.82, 2.24) is 24.5 Å². The maximum Gasteiger partial charge on any atom is 0.351 e. The van der Waals surface area contributed by atoms with Gasteiger partial charge < -0.3 is 10.1 Å². The number of halogens is 1. The summed E-state index contributed by atoms with van der Waals surface area (Å²) in [6.45, 7) is 1.83. The maximum absolute atomic E-state index is 13.0. The van der Waals surface area contributed by atoms with Crippen molar-refractivity contribution in [1.29, 1.82) is 0 Å². The van der Waals surface area contributed by atoms with E-state index in [1.54, 1.807) is 18.2 Å². The van der Waals surface area contributed by atoms with Gasteiger partial charge in [-0.25, -0.2) is 23.3 Å². The van der Waals surface area contributed by atoms with E-state index >= 15 is 0 Å². The van der Waals surface area contributed by atoms with Crippen molar-refractivity contribution < 1.29 is 13.9 Å². The molecule has 8 nitrogen and oxygen atoms in total. The van der Waals surface area contributed by atoms with Crippen LogP contribution in [0.25, 0.3) is 5.65 Å². The van der Waals surface area contributed by atoms with Crippen molar-refractivity contribution in [2.45, 2.75) is 20.0 Å². The Hall–Kier alpha value is -4.01. The Bertz CT molecular complexity index is 1260. The van der Waals surface area contributed by atoms with Gasteiger partial charge in [0.05, 0.1) is 0 Å². The lowest BCUT2D eigenvalue weighted by Crippen LogP contribution is -2.32. The lowest BCUT2D eigenvalue weighted by molar-refractivity contribution is -0.122. The van der Waals surface area contributed by atoms with Gasteiger partial charge in [-0.1, -0.05) is 30.3 Å². The molecule has 152 valence electrons. The number of nitrogens with one attached hydrogen (secondary N) is 1. The van der Waals surface area contributed by atoms with E-state index in [1.807, 2.05) is 25.1 Å². The number of carbonyl (C=O) groups is 1. The molecule has 0 radical (unpaired) electrons. The van der Waals surface area contributed by atoms with Gasteiger partial charge in [-0.15, -0.1) is 5.10 Å². The fourth-order valence-electron chi connectivity index (χ4n) is 2.87. The largest absolute Gasteiger partial charge is 0.436 e. The normalized spacial score (nSPS) is 10.9. The van der Waals surface area contributed by atoms with E-state index in [0.29, 0.717) is 5.75 Å². The molecule has 0 aliphatic heterocycles. The maximum atomic E-state index is 13.0. The van der Waals surface area contributed by atoms with Crippen LogP contribution >= 0.6 is 0 Å². The quantitative estimate of drug-likeness (QED) is 0.530. The number of nitrogens with zero attached hydrogens (tertiary/aromatic N) is 4. The number of hydrogen-bond acceptors (Lipinski definition) is 5. The molecule has 0 spiro atoms. The van der Waals surface area contributed by atoms with E-state index in [1.165, 1.54) is 28.9 Å². The van der Waals surface area contributed by atoms with E-state index in [-0.39, 0.29) is 30.4 Å². The minimum absolute atomic E-state index is 0.161. The molecule has 2 aromatic carbocycles. The van der Waals surface area contributed by atoms with Crippen LogP contribution in [0.3, 0.4) is 0 Å². The highest BCUT2D eigenvalue weighted by atomic mass is 19.1. The Morgan fingerprint density at radius 3 is 2.70 bits per heavy atom. The van der Waals surface area contributed by atoms with E-state index in [2.05, 4.69) is 15.4 Å². The first-order valence-corrected chi connectivity index (χ1v) is 9.20. The predicted octanol–water partition coefficient (Wildman–Crippen LogP) is 2.45. The van der Waals surface area contributed by atoms with Gasteiger partial charge in [-0.05, 0) is 36.2 Å². The average molecular weight is 407 g/mol. The van der Waals surface area contributed by atoms with Gasteiger partial charge >= 0.3 is 5.69 Å². The third-order valence-corrected chi connectivity index (χ3v) is 4.47. The second-order valence-electron chi connectivity index (χ2n) is 6.64. The van der Waals surface area contributed by atoms with Gasteiger partial charge in [0.25, 0.3) is 5.88 Å². The fourth-order valence-corrected chi connectivity index (χ4v) is 2.87. The predicted molar refractivity (Wildman–Crippen MR) is 107 cm³/mol. The van der Waals surface area contributed by atoms with Crippen molar-refractivity contribution >= 4 is 11.6 Å². The van der Waals surface area contributed by atoms with Gasteiger partial charge in [0, 0.05) is 18.9 Å². The summed E-state index contributed by atoms with van der Waals surface area (Å²) in [5, 5.41) is 6.90. The van der Waals surface area contributed by atoms with Gasteiger partial charge in [0.2, 0.25) is 11.6 Å². The van der Waals surface area contributed by atoms with Crippen LogP contribution in [0.2, 0.25) is 0 Å². The topological polar surface area (TPSA) is 90.5 Å². The smallest absolute Gasteiger partial charge is 0.351 e. The molecule has 0 saturated heterocycles.